The first-order valence-electron chi connectivity index (χ1n) is 9.81. The van der Waals surface area contributed by atoms with E-state index in [9.17, 15) is 13.2 Å². The lowest BCUT2D eigenvalue weighted by atomic mass is 10.0. The minimum absolute atomic E-state index is 0.0796. The molecule has 0 aromatic heterocycles. The Morgan fingerprint density at radius 3 is 2.10 bits per heavy atom. The van der Waals surface area contributed by atoms with Crippen molar-refractivity contribution in [3.63, 3.8) is 0 Å². The van der Waals surface area contributed by atoms with Gasteiger partial charge < -0.3 is 14.4 Å². The van der Waals surface area contributed by atoms with Gasteiger partial charge in [0.1, 0.15) is 17.5 Å². The fourth-order valence-corrected chi connectivity index (χ4v) is 4.25. The van der Waals surface area contributed by atoms with Gasteiger partial charge in [0.15, 0.2) is 0 Å². The lowest BCUT2D eigenvalue weighted by Crippen LogP contribution is -2.49. The van der Waals surface area contributed by atoms with E-state index in [4.69, 9.17) is 9.47 Å². The van der Waals surface area contributed by atoms with Gasteiger partial charge in [0.2, 0.25) is 15.9 Å². The number of carbonyl (C=O) groups excluding carboxylic acids is 1. The number of hydrogen-bond acceptors (Lipinski definition) is 5. The highest BCUT2D eigenvalue weighted by Crippen LogP contribution is 2.18. The Hall–Kier alpha value is -2.58. The molecule has 30 heavy (non-hydrogen) atoms. The number of rotatable bonds is 10. The zero-order valence-electron chi connectivity index (χ0n) is 18.1. The molecule has 0 bridgehead atoms. The number of benzene rings is 2. The zero-order valence-corrected chi connectivity index (χ0v) is 18.9. The second kappa shape index (κ2) is 10.4. The highest BCUT2D eigenvalue weighted by atomic mass is 32.2. The molecule has 0 heterocycles. The number of methoxy groups -OCH3 is 1. The first-order valence-corrected chi connectivity index (χ1v) is 11.3. The summed E-state index contributed by atoms with van der Waals surface area (Å²) in [5, 5.41) is 0. The topological polar surface area (TPSA) is 84.9 Å². The standard InChI is InChI=1S/C22H30N2O5S/c1-6-29-19-9-7-17(8-10-19)15-24(4)22(25)21(16(2)3)23-30(26,27)20-13-11-18(28-5)12-14-20/h7-14,16,21,23H,6,15H2,1-5H3/t21-/m0/s1. The number of nitrogens with zero attached hydrogens (tertiary/aromatic N) is 1. The highest BCUT2D eigenvalue weighted by Gasteiger charge is 2.30. The lowest BCUT2D eigenvalue weighted by Gasteiger charge is -2.27. The van der Waals surface area contributed by atoms with Gasteiger partial charge in [-0.3, -0.25) is 4.79 Å². The summed E-state index contributed by atoms with van der Waals surface area (Å²) < 4.78 is 38.6. The van der Waals surface area contributed by atoms with Crippen molar-refractivity contribution in [3.05, 3.63) is 54.1 Å². The third kappa shape index (κ3) is 6.21. The van der Waals surface area contributed by atoms with Crippen LogP contribution in [-0.4, -0.2) is 46.0 Å². The Bertz CT molecular complexity index is 925. The fraction of sp³-hybridized carbons (Fsp3) is 0.409. The number of hydrogen-bond donors (Lipinski definition) is 1. The van der Waals surface area contributed by atoms with E-state index >= 15 is 0 Å². The molecule has 0 saturated carbocycles. The van der Waals surface area contributed by atoms with Crippen LogP contribution in [0.15, 0.2) is 53.4 Å². The normalized spacial score (nSPS) is 12.5. The molecule has 0 aliphatic heterocycles. The van der Waals surface area contributed by atoms with Gasteiger partial charge in [-0.05, 0) is 54.8 Å². The predicted octanol–water partition coefficient (Wildman–Crippen LogP) is 3.06. The van der Waals surface area contributed by atoms with E-state index in [1.807, 2.05) is 45.0 Å². The van der Waals surface area contributed by atoms with Crippen molar-refractivity contribution in [2.45, 2.75) is 38.3 Å². The van der Waals surface area contributed by atoms with Gasteiger partial charge in [0.05, 0.1) is 18.6 Å². The summed E-state index contributed by atoms with van der Waals surface area (Å²) >= 11 is 0. The van der Waals surface area contributed by atoms with Gasteiger partial charge in [-0.1, -0.05) is 26.0 Å². The molecule has 0 fully saturated rings. The van der Waals surface area contributed by atoms with Crippen molar-refractivity contribution < 1.29 is 22.7 Å². The van der Waals surface area contributed by atoms with Crippen molar-refractivity contribution in [1.82, 2.24) is 9.62 Å². The van der Waals surface area contributed by atoms with Gasteiger partial charge in [-0.25, -0.2) is 8.42 Å². The van der Waals surface area contributed by atoms with E-state index in [2.05, 4.69) is 4.72 Å². The summed E-state index contributed by atoms with van der Waals surface area (Å²) in [5.74, 6) is 0.798. The SMILES string of the molecule is CCOc1ccc(CN(C)C(=O)[C@@H](NS(=O)(=O)c2ccc(OC)cc2)C(C)C)cc1. The van der Waals surface area contributed by atoms with Crippen molar-refractivity contribution in [1.29, 1.82) is 0 Å². The van der Waals surface area contributed by atoms with Gasteiger partial charge in [-0.2, -0.15) is 4.72 Å². The largest absolute Gasteiger partial charge is 0.497 e. The maximum absolute atomic E-state index is 13.0. The van der Waals surface area contributed by atoms with Crippen LogP contribution in [-0.2, 0) is 21.4 Å². The smallest absolute Gasteiger partial charge is 0.241 e. The highest BCUT2D eigenvalue weighted by molar-refractivity contribution is 7.89. The summed E-state index contributed by atoms with van der Waals surface area (Å²) in [6.45, 7) is 6.48. The molecule has 0 unspecified atom stereocenters. The number of carbonyl (C=O) groups is 1. The molecule has 164 valence electrons. The third-order valence-corrected chi connectivity index (χ3v) is 6.07. The monoisotopic (exact) mass is 434 g/mol. The predicted molar refractivity (Wildman–Crippen MR) is 116 cm³/mol. The van der Waals surface area contributed by atoms with Crippen LogP contribution in [0.2, 0.25) is 0 Å². The number of sulfonamides is 1. The molecule has 0 spiro atoms. The summed E-state index contributed by atoms with van der Waals surface area (Å²) in [7, 11) is -0.691. The fourth-order valence-electron chi connectivity index (χ4n) is 2.91. The van der Waals surface area contributed by atoms with Gasteiger partial charge in [0.25, 0.3) is 0 Å². The molecule has 1 N–H and O–H groups in total. The summed E-state index contributed by atoms with van der Waals surface area (Å²) in [6, 6.07) is 12.6. The molecule has 0 aliphatic carbocycles. The van der Waals surface area contributed by atoms with E-state index in [1.165, 1.54) is 24.1 Å². The average molecular weight is 435 g/mol. The van der Waals surface area contributed by atoms with Crippen LogP contribution < -0.4 is 14.2 Å². The van der Waals surface area contributed by atoms with Crippen molar-refractivity contribution in [2.75, 3.05) is 20.8 Å². The van der Waals surface area contributed by atoms with E-state index in [0.717, 1.165) is 11.3 Å². The molecule has 2 aromatic rings. The van der Waals surface area contributed by atoms with Crippen LogP contribution in [0.1, 0.15) is 26.3 Å². The maximum Gasteiger partial charge on any atom is 0.241 e. The number of ether oxygens (including phenoxy) is 2. The molecular weight excluding hydrogens is 404 g/mol. The van der Waals surface area contributed by atoms with Crippen molar-refractivity contribution in [2.24, 2.45) is 5.92 Å². The second-order valence-electron chi connectivity index (χ2n) is 7.29. The van der Waals surface area contributed by atoms with Crippen LogP contribution in [0.3, 0.4) is 0 Å². The van der Waals surface area contributed by atoms with Crippen LogP contribution >= 0.6 is 0 Å². The average Bonchev–Trinajstić information content (AvgIpc) is 2.73. The number of nitrogens with one attached hydrogen (secondary N) is 1. The van der Waals surface area contributed by atoms with Crippen LogP contribution in [0, 0.1) is 5.92 Å². The number of amides is 1. The molecule has 2 aromatic carbocycles. The molecule has 7 nitrogen and oxygen atoms in total. The molecule has 0 radical (unpaired) electrons. The Kier molecular flexibility index (Phi) is 8.25. The van der Waals surface area contributed by atoms with E-state index in [1.54, 1.807) is 19.2 Å². The minimum atomic E-state index is -3.86. The van der Waals surface area contributed by atoms with E-state index in [-0.39, 0.29) is 16.7 Å². The molecule has 1 atom stereocenters. The molecule has 8 heteroatoms. The first-order chi connectivity index (χ1) is 14.2. The van der Waals surface area contributed by atoms with Crippen molar-refractivity contribution >= 4 is 15.9 Å². The van der Waals surface area contributed by atoms with Crippen molar-refractivity contribution in [3.8, 4) is 11.5 Å². The third-order valence-electron chi connectivity index (χ3n) is 4.61. The second-order valence-corrected chi connectivity index (χ2v) is 9.00. The lowest BCUT2D eigenvalue weighted by molar-refractivity contribution is -0.133. The van der Waals surface area contributed by atoms with E-state index < -0.39 is 16.1 Å². The number of likely N-dealkylation sites (N-methyl/N-ethyl adjacent to an activating group) is 1. The van der Waals surface area contributed by atoms with Crippen LogP contribution in [0.25, 0.3) is 0 Å². The van der Waals surface area contributed by atoms with Crippen LogP contribution in [0.4, 0.5) is 0 Å². The molecule has 0 aliphatic rings. The Morgan fingerprint density at radius 1 is 1.03 bits per heavy atom. The minimum Gasteiger partial charge on any atom is -0.497 e. The molecular formula is C22H30N2O5S. The summed E-state index contributed by atoms with van der Waals surface area (Å²) in [6.07, 6.45) is 0. The van der Waals surface area contributed by atoms with Crippen LogP contribution in [0.5, 0.6) is 11.5 Å². The Labute approximate surface area is 179 Å². The Balaban J connectivity index is 2.12. The van der Waals surface area contributed by atoms with Gasteiger partial charge in [0, 0.05) is 13.6 Å². The molecule has 2 rings (SSSR count). The van der Waals surface area contributed by atoms with Gasteiger partial charge in [-0.15, -0.1) is 0 Å². The first kappa shape index (κ1) is 23.7. The zero-order chi connectivity index (χ0) is 22.3. The molecule has 1 amide bonds. The maximum atomic E-state index is 13.0. The summed E-state index contributed by atoms with van der Waals surface area (Å²) in [4.78, 5) is 14.6. The van der Waals surface area contributed by atoms with E-state index in [0.29, 0.717) is 18.9 Å². The Morgan fingerprint density at radius 2 is 1.60 bits per heavy atom. The quantitative estimate of drug-likeness (QED) is 0.621. The summed E-state index contributed by atoms with van der Waals surface area (Å²) in [5.41, 5.74) is 0.926. The van der Waals surface area contributed by atoms with Gasteiger partial charge >= 0.3 is 0 Å². The molecule has 0 saturated heterocycles.